The molecular formula is C24H28N4O2S. The number of para-hydroxylation sites is 1. The first-order valence-corrected chi connectivity index (χ1v) is 11.8. The fourth-order valence-electron chi connectivity index (χ4n) is 3.94. The third-order valence-electron chi connectivity index (χ3n) is 5.53. The molecule has 4 rings (SSSR count). The molecule has 2 aromatic carbocycles. The van der Waals surface area contributed by atoms with Gasteiger partial charge in [0.25, 0.3) is 0 Å². The average molecular weight is 437 g/mol. The lowest BCUT2D eigenvalue weighted by Crippen LogP contribution is -2.40. The van der Waals surface area contributed by atoms with Gasteiger partial charge < -0.3 is 9.84 Å². The normalized spacial score (nSPS) is 16.9. The molecule has 1 aromatic heterocycles. The van der Waals surface area contributed by atoms with E-state index in [0.717, 1.165) is 46.8 Å². The molecule has 1 unspecified atom stereocenters. The van der Waals surface area contributed by atoms with Crippen molar-refractivity contribution in [3.63, 3.8) is 0 Å². The van der Waals surface area contributed by atoms with Gasteiger partial charge in [-0.05, 0) is 49.8 Å². The zero-order valence-electron chi connectivity index (χ0n) is 18.0. The van der Waals surface area contributed by atoms with E-state index in [0.29, 0.717) is 24.8 Å². The van der Waals surface area contributed by atoms with Crippen molar-refractivity contribution in [2.75, 3.05) is 24.2 Å². The van der Waals surface area contributed by atoms with Crippen LogP contribution in [0.25, 0.3) is 11.4 Å². The smallest absolute Gasteiger partial charge is 0.241 e. The van der Waals surface area contributed by atoms with Gasteiger partial charge in [0.15, 0.2) is 0 Å². The molecule has 1 aliphatic heterocycles. The minimum atomic E-state index is -0.0489. The maximum Gasteiger partial charge on any atom is 0.241 e. The van der Waals surface area contributed by atoms with Crippen molar-refractivity contribution in [1.82, 2.24) is 15.0 Å². The summed E-state index contributed by atoms with van der Waals surface area (Å²) in [5.74, 6) is 2.21. The summed E-state index contributed by atoms with van der Waals surface area (Å²) >= 11 is 1.74. The molecule has 1 N–H and O–H groups in total. The molecule has 0 spiro atoms. The highest BCUT2D eigenvalue weighted by Crippen LogP contribution is 2.28. The van der Waals surface area contributed by atoms with Crippen LogP contribution >= 0.6 is 11.8 Å². The van der Waals surface area contributed by atoms with Gasteiger partial charge in [0.2, 0.25) is 17.6 Å². The van der Waals surface area contributed by atoms with Crippen LogP contribution in [0.2, 0.25) is 0 Å². The van der Waals surface area contributed by atoms with Gasteiger partial charge >= 0.3 is 0 Å². The summed E-state index contributed by atoms with van der Waals surface area (Å²) < 4.78 is 5.50. The predicted molar refractivity (Wildman–Crippen MR) is 124 cm³/mol. The van der Waals surface area contributed by atoms with Gasteiger partial charge in [0.1, 0.15) is 0 Å². The van der Waals surface area contributed by atoms with E-state index in [1.54, 1.807) is 11.8 Å². The first-order chi connectivity index (χ1) is 15.1. The Hall–Kier alpha value is -2.64. The largest absolute Gasteiger partial charge is 0.338 e. The van der Waals surface area contributed by atoms with E-state index in [9.17, 15) is 4.79 Å². The topological polar surface area (TPSA) is 71.3 Å². The summed E-state index contributed by atoms with van der Waals surface area (Å²) in [5, 5.41) is 7.30. The van der Waals surface area contributed by atoms with Crippen LogP contribution in [0.3, 0.4) is 0 Å². The van der Waals surface area contributed by atoms with Crippen LogP contribution in [0.15, 0.2) is 57.9 Å². The molecule has 162 valence electrons. The Balaban J connectivity index is 1.38. The van der Waals surface area contributed by atoms with Crippen molar-refractivity contribution < 1.29 is 9.32 Å². The second-order valence-electron chi connectivity index (χ2n) is 7.82. The van der Waals surface area contributed by atoms with Crippen LogP contribution in [-0.4, -0.2) is 39.8 Å². The highest BCUT2D eigenvalue weighted by atomic mass is 32.2. The van der Waals surface area contributed by atoms with Crippen LogP contribution in [0.5, 0.6) is 0 Å². The van der Waals surface area contributed by atoms with Gasteiger partial charge in [-0.3, -0.25) is 9.69 Å². The van der Waals surface area contributed by atoms with Crippen molar-refractivity contribution in [2.45, 2.75) is 38.1 Å². The molecule has 1 amide bonds. The number of rotatable bonds is 7. The number of hydrogen-bond acceptors (Lipinski definition) is 6. The maximum absolute atomic E-state index is 13.0. The van der Waals surface area contributed by atoms with E-state index in [1.807, 2.05) is 49.4 Å². The Morgan fingerprint density at radius 3 is 2.87 bits per heavy atom. The number of aromatic nitrogens is 2. The number of aryl methyl sites for hydroxylation is 1. The molecule has 1 aliphatic rings. The minimum Gasteiger partial charge on any atom is -0.338 e. The fraction of sp³-hybridized carbons (Fsp3) is 0.375. The van der Waals surface area contributed by atoms with E-state index in [-0.39, 0.29) is 11.8 Å². The molecule has 2 heterocycles. The number of carbonyl (C=O) groups excluding carboxylic acids is 1. The van der Waals surface area contributed by atoms with Crippen molar-refractivity contribution in [3.8, 4) is 11.4 Å². The third kappa shape index (κ3) is 5.35. The molecule has 1 saturated heterocycles. The molecular weight excluding hydrogens is 408 g/mol. The number of anilines is 1. The number of hydrogen-bond donors (Lipinski definition) is 1. The summed E-state index contributed by atoms with van der Waals surface area (Å²) in [7, 11) is 0. The van der Waals surface area contributed by atoms with Crippen molar-refractivity contribution >= 4 is 23.4 Å². The number of nitrogens with zero attached hydrogens (tertiary/aromatic N) is 3. The zero-order chi connectivity index (χ0) is 21.6. The molecule has 6 nitrogen and oxygen atoms in total. The number of piperidine rings is 1. The van der Waals surface area contributed by atoms with Gasteiger partial charge in [-0.15, -0.1) is 11.8 Å². The van der Waals surface area contributed by atoms with E-state index < -0.39 is 0 Å². The van der Waals surface area contributed by atoms with E-state index in [1.165, 1.54) is 0 Å². The van der Waals surface area contributed by atoms with Gasteiger partial charge in [0.05, 0.1) is 18.2 Å². The summed E-state index contributed by atoms with van der Waals surface area (Å²) in [6, 6.07) is 16.0. The van der Waals surface area contributed by atoms with Crippen LogP contribution < -0.4 is 5.32 Å². The Morgan fingerprint density at radius 2 is 2.03 bits per heavy atom. The number of benzene rings is 2. The Morgan fingerprint density at radius 1 is 1.23 bits per heavy atom. The minimum absolute atomic E-state index is 0.0489. The van der Waals surface area contributed by atoms with Crippen molar-refractivity contribution in [2.24, 2.45) is 5.92 Å². The lowest BCUT2D eigenvalue weighted by atomic mass is 9.97. The molecule has 0 aliphatic carbocycles. The number of amides is 1. The molecule has 1 fully saturated rings. The second kappa shape index (κ2) is 10.1. The fourth-order valence-corrected chi connectivity index (χ4v) is 4.70. The zero-order valence-corrected chi connectivity index (χ0v) is 18.8. The van der Waals surface area contributed by atoms with Gasteiger partial charge in [-0.2, -0.15) is 4.98 Å². The highest BCUT2D eigenvalue weighted by Gasteiger charge is 2.27. The number of nitrogens with one attached hydrogen (secondary N) is 1. The third-order valence-corrected chi connectivity index (χ3v) is 6.49. The van der Waals surface area contributed by atoms with Gasteiger partial charge in [0, 0.05) is 17.0 Å². The van der Waals surface area contributed by atoms with Crippen LogP contribution in [-0.2, 0) is 11.3 Å². The van der Waals surface area contributed by atoms with Gasteiger partial charge in [-0.25, -0.2) is 0 Å². The molecule has 31 heavy (non-hydrogen) atoms. The SMILES string of the molecule is CCSc1ccccc1NC(=O)C1CCCN(Cc2nc(-c3ccccc3C)no2)C1. The summed E-state index contributed by atoms with van der Waals surface area (Å²) in [6.07, 6.45) is 1.87. The van der Waals surface area contributed by atoms with Crippen molar-refractivity contribution in [1.29, 1.82) is 0 Å². The summed E-state index contributed by atoms with van der Waals surface area (Å²) in [4.78, 5) is 20.9. The Bertz CT molecular complexity index is 1040. The first-order valence-electron chi connectivity index (χ1n) is 10.8. The molecule has 0 radical (unpaired) electrons. The van der Waals surface area contributed by atoms with E-state index in [2.05, 4.69) is 33.3 Å². The Kier molecular flexibility index (Phi) is 7.04. The van der Waals surface area contributed by atoms with E-state index in [4.69, 9.17) is 4.52 Å². The highest BCUT2D eigenvalue weighted by molar-refractivity contribution is 7.99. The summed E-state index contributed by atoms with van der Waals surface area (Å²) in [5.41, 5.74) is 3.00. The lowest BCUT2D eigenvalue weighted by molar-refractivity contribution is -0.121. The number of thioether (sulfide) groups is 1. The van der Waals surface area contributed by atoms with Gasteiger partial charge in [-0.1, -0.05) is 48.5 Å². The molecule has 0 saturated carbocycles. The summed E-state index contributed by atoms with van der Waals surface area (Å²) in [6.45, 7) is 6.33. The lowest BCUT2D eigenvalue weighted by Gasteiger charge is -2.31. The van der Waals surface area contributed by atoms with Crippen LogP contribution in [0.1, 0.15) is 31.2 Å². The van der Waals surface area contributed by atoms with Crippen LogP contribution in [0, 0.1) is 12.8 Å². The Labute approximate surface area is 187 Å². The molecule has 0 bridgehead atoms. The monoisotopic (exact) mass is 436 g/mol. The maximum atomic E-state index is 13.0. The van der Waals surface area contributed by atoms with Crippen molar-refractivity contribution in [3.05, 3.63) is 60.0 Å². The molecule has 3 aromatic rings. The quantitative estimate of drug-likeness (QED) is 0.525. The number of likely N-dealkylation sites (tertiary alicyclic amines) is 1. The molecule has 7 heteroatoms. The first kappa shape index (κ1) is 21.6. The van der Waals surface area contributed by atoms with E-state index >= 15 is 0 Å². The average Bonchev–Trinajstić information content (AvgIpc) is 3.24. The second-order valence-corrected chi connectivity index (χ2v) is 9.13. The standard InChI is InChI=1S/C24H28N4O2S/c1-3-31-21-13-7-6-12-20(21)25-24(29)18-10-8-14-28(15-18)16-22-26-23(27-30-22)19-11-5-4-9-17(19)2/h4-7,9,11-13,18H,3,8,10,14-16H2,1-2H3,(H,25,29). The predicted octanol–water partition coefficient (Wildman–Crippen LogP) is 5.01. The van der Waals surface area contributed by atoms with Crippen LogP contribution in [0.4, 0.5) is 5.69 Å². The molecule has 1 atom stereocenters. The number of carbonyl (C=O) groups is 1.